The predicted molar refractivity (Wildman–Crippen MR) is 75.3 cm³/mol. The van der Waals surface area contributed by atoms with Crippen molar-refractivity contribution in [3.8, 4) is 0 Å². The Bertz CT molecular complexity index is 470. The highest BCUT2D eigenvalue weighted by Crippen LogP contribution is 2.25. The lowest BCUT2D eigenvalue weighted by atomic mass is 10.00. The van der Waals surface area contributed by atoms with Crippen LogP contribution in [-0.4, -0.2) is 30.0 Å². The fourth-order valence-electron chi connectivity index (χ4n) is 2.70. The Hall–Kier alpha value is -1.58. The Morgan fingerprint density at radius 3 is 3.00 bits per heavy atom. The molecule has 1 aliphatic heterocycles. The second kappa shape index (κ2) is 5.19. The van der Waals surface area contributed by atoms with Crippen LogP contribution in [0.2, 0.25) is 0 Å². The summed E-state index contributed by atoms with van der Waals surface area (Å²) in [5, 5.41) is 3.06. The maximum Gasteiger partial charge on any atom is 0.255 e. The number of carbonyl (C=O) groups excluding carboxylic acids is 1. The molecule has 0 bridgehead atoms. The number of nitrogens with zero attached hydrogens (tertiary/aromatic N) is 2. The predicted octanol–water partition coefficient (Wildman–Crippen LogP) is 2.21. The molecule has 1 aromatic heterocycles. The van der Waals surface area contributed by atoms with E-state index in [1.807, 2.05) is 12.1 Å². The van der Waals surface area contributed by atoms with Crippen molar-refractivity contribution in [1.82, 2.24) is 10.3 Å². The summed E-state index contributed by atoms with van der Waals surface area (Å²) in [5.41, 5.74) is 0.725. The van der Waals surface area contributed by atoms with E-state index in [0.717, 1.165) is 37.3 Å². The van der Waals surface area contributed by atoms with Gasteiger partial charge in [0.2, 0.25) is 0 Å². The van der Waals surface area contributed by atoms with Crippen molar-refractivity contribution in [2.45, 2.75) is 38.6 Å². The van der Waals surface area contributed by atoms with Crippen LogP contribution in [0.1, 0.15) is 43.0 Å². The molecule has 1 aliphatic carbocycles. The highest BCUT2D eigenvalue weighted by Gasteiger charge is 2.27. The summed E-state index contributed by atoms with van der Waals surface area (Å²) in [6.45, 7) is 4.27. The zero-order chi connectivity index (χ0) is 13.2. The van der Waals surface area contributed by atoms with E-state index in [2.05, 4.69) is 22.1 Å². The van der Waals surface area contributed by atoms with Crippen LogP contribution in [-0.2, 0) is 0 Å². The van der Waals surface area contributed by atoms with Gasteiger partial charge in [-0.2, -0.15) is 0 Å². The normalized spacial score (nSPS) is 23.2. The highest BCUT2D eigenvalue weighted by molar-refractivity contribution is 5.99. The quantitative estimate of drug-likeness (QED) is 0.905. The van der Waals surface area contributed by atoms with Crippen LogP contribution < -0.4 is 10.2 Å². The molecule has 4 heteroatoms. The van der Waals surface area contributed by atoms with Crippen LogP contribution in [0.15, 0.2) is 18.3 Å². The van der Waals surface area contributed by atoms with Crippen molar-refractivity contribution in [2.24, 2.45) is 5.92 Å². The number of anilines is 1. The smallest absolute Gasteiger partial charge is 0.255 e. The van der Waals surface area contributed by atoms with Gasteiger partial charge in [0.1, 0.15) is 5.82 Å². The molecule has 0 radical (unpaired) electrons. The number of hydrogen-bond donors (Lipinski definition) is 1. The minimum absolute atomic E-state index is 0.0313. The minimum Gasteiger partial charge on any atom is -0.356 e. The summed E-state index contributed by atoms with van der Waals surface area (Å²) >= 11 is 0. The molecule has 2 aliphatic rings. The fraction of sp³-hybridized carbons (Fsp3) is 0.600. The topological polar surface area (TPSA) is 45.2 Å². The van der Waals surface area contributed by atoms with Gasteiger partial charge in [0.25, 0.3) is 5.91 Å². The number of amides is 1. The Balaban J connectivity index is 1.81. The lowest BCUT2D eigenvalue weighted by molar-refractivity contribution is 0.0951. The Labute approximate surface area is 114 Å². The lowest BCUT2D eigenvalue weighted by Crippen LogP contribution is -2.37. The summed E-state index contributed by atoms with van der Waals surface area (Å²) in [5.74, 6) is 1.56. The van der Waals surface area contributed by atoms with E-state index < -0.39 is 0 Å². The monoisotopic (exact) mass is 259 g/mol. The van der Waals surface area contributed by atoms with Crippen LogP contribution >= 0.6 is 0 Å². The van der Waals surface area contributed by atoms with Crippen molar-refractivity contribution in [2.75, 3.05) is 18.0 Å². The molecular formula is C15H21N3O. The van der Waals surface area contributed by atoms with Gasteiger partial charge in [0.05, 0.1) is 5.56 Å². The van der Waals surface area contributed by atoms with Crippen molar-refractivity contribution in [3.05, 3.63) is 23.9 Å². The summed E-state index contributed by atoms with van der Waals surface area (Å²) < 4.78 is 0. The van der Waals surface area contributed by atoms with Gasteiger partial charge >= 0.3 is 0 Å². The third kappa shape index (κ3) is 2.88. The van der Waals surface area contributed by atoms with E-state index in [-0.39, 0.29) is 5.91 Å². The second-order valence-corrected chi connectivity index (χ2v) is 5.82. The van der Waals surface area contributed by atoms with E-state index in [4.69, 9.17) is 0 Å². The number of rotatable bonds is 3. The Kier molecular flexibility index (Phi) is 3.40. The van der Waals surface area contributed by atoms with Crippen molar-refractivity contribution >= 4 is 11.7 Å². The highest BCUT2D eigenvalue weighted by atomic mass is 16.1. The molecule has 1 N–H and O–H groups in total. The molecule has 1 saturated carbocycles. The van der Waals surface area contributed by atoms with E-state index >= 15 is 0 Å². The fourth-order valence-corrected chi connectivity index (χ4v) is 2.70. The maximum atomic E-state index is 12.3. The summed E-state index contributed by atoms with van der Waals surface area (Å²) in [4.78, 5) is 19.0. The summed E-state index contributed by atoms with van der Waals surface area (Å²) in [7, 11) is 0. The van der Waals surface area contributed by atoms with Gasteiger partial charge in [-0.05, 0) is 43.7 Å². The van der Waals surface area contributed by atoms with Crippen LogP contribution in [0.4, 0.5) is 5.82 Å². The molecule has 0 aromatic carbocycles. The molecular weight excluding hydrogens is 238 g/mol. The molecule has 2 fully saturated rings. The lowest BCUT2D eigenvalue weighted by Gasteiger charge is -2.32. The molecule has 2 heterocycles. The molecule has 1 aromatic rings. The van der Waals surface area contributed by atoms with Gasteiger partial charge in [-0.3, -0.25) is 4.79 Å². The third-order valence-corrected chi connectivity index (χ3v) is 3.90. The molecule has 19 heavy (non-hydrogen) atoms. The van der Waals surface area contributed by atoms with E-state index in [1.54, 1.807) is 6.20 Å². The first kappa shape index (κ1) is 12.5. The number of hydrogen-bond acceptors (Lipinski definition) is 3. The zero-order valence-electron chi connectivity index (χ0n) is 11.4. The van der Waals surface area contributed by atoms with Crippen LogP contribution in [0.3, 0.4) is 0 Å². The van der Waals surface area contributed by atoms with E-state index in [0.29, 0.717) is 12.0 Å². The Morgan fingerprint density at radius 1 is 1.42 bits per heavy atom. The third-order valence-electron chi connectivity index (χ3n) is 3.90. The van der Waals surface area contributed by atoms with Gasteiger partial charge in [-0.15, -0.1) is 0 Å². The second-order valence-electron chi connectivity index (χ2n) is 5.82. The number of aromatic nitrogens is 1. The number of carbonyl (C=O) groups is 1. The number of piperidine rings is 1. The van der Waals surface area contributed by atoms with Crippen LogP contribution in [0, 0.1) is 5.92 Å². The van der Waals surface area contributed by atoms with Crippen LogP contribution in [0.5, 0.6) is 0 Å². The SMILES string of the molecule is CC1CCCN(c2ncccc2C(=O)NC2CC2)C1. The molecule has 3 rings (SSSR count). The number of pyridine rings is 1. The van der Waals surface area contributed by atoms with Gasteiger partial charge in [0.15, 0.2) is 0 Å². The molecule has 102 valence electrons. The minimum atomic E-state index is 0.0313. The average molecular weight is 259 g/mol. The van der Waals surface area contributed by atoms with Crippen molar-refractivity contribution in [1.29, 1.82) is 0 Å². The van der Waals surface area contributed by atoms with Gasteiger partial charge < -0.3 is 10.2 Å². The van der Waals surface area contributed by atoms with Crippen molar-refractivity contribution in [3.63, 3.8) is 0 Å². The molecule has 1 amide bonds. The van der Waals surface area contributed by atoms with Crippen molar-refractivity contribution < 1.29 is 4.79 Å². The largest absolute Gasteiger partial charge is 0.356 e. The Morgan fingerprint density at radius 2 is 2.26 bits per heavy atom. The van der Waals surface area contributed by atoms with Crippen LogP contribution in [0.25, 0.3) is 0 Å². The first-order chi connectivity index (χ1) is 9.24. The molecule has 1 unspecified atom stereocenters. The number of nitrogens with one attached hydrogen (secondary N) is 1. The molecule has 4 nitrogen and oxygen atoms in total. The molecule has 1 saturated heterocycles. The van der Waals surface area contributed by atoms with E-state index in [1.165, 1.54) is 12.8 Å². The summed E-state index contributed by atoms with van der Waals surface area (Å²) in [6, 6.07) is 4.12. The molecule has 0 spiro atoms. The van der Waals surface area contributed by atoms with Gasteiger partial charge in [-0.1, -0.05) is 6.92 Å². The van der Waals surface area contributed by atoms with Gasteiger partial charge in [-0.25, -0.2) is 4.98 Å². The first-order valence-corrected chi connectivity index (χ1v) is 7.25. The van der Waals surface area contributed by atoms with E-state index in [9.17, 15) is 4.79 Å². The maximum absolute atomic E-state index is 12.3. The first-order valence-electron chi connectivity index (χ1n) is 7.25. The van der Waals surface area contributed by atoms with Gasteiger partial charge in [0, 0.05) is 25.3 Å². The molecule has 1 atom stereocenters. The average Bonchev–Trinajstić information content (AvgIpc) is 3.23. The summed E-state index contributed by atoms with van der Waals surface area (Å²) in [6.07, 6.45) is 6.46. The zero-order valence-corrected chi connectivity index (χ0v) is 11.4. The standard InChI is InChI=1S/C15H21N3O/c1-11-4-3-9-18(10-11)14-13(5-2-8-16-14)15(19)17-12-6-7-12/h2,5,8,11-12H,3-4,6-7,9-10H2,1H3,(H,17,19).